The van der Waals surface area contributed by atoms with Crippen molar-refractivity contribution < 1.29 is 19.4 Å². The van der Waals surface area contributed by atoms with Crippen LogP contribution < -0.4 is 0 Å². The third-order valence-electron chi connectivity index (χ3n) is 2.04. The van der Waals surface area contributed by atoms with Crippen molar-refractivity contribution in [2.45, 2.75) is 33.9 Å². The summed E-state index contributed by atoms with van der Waals surface area (Å²) in [7, 11) is 0. The van der Waals surface area contributed by atoms with E-state index in [9.17, 15) is 9.90 Å². The highest BCUT2D eigenvalue weighted by Gasteiger charge is 2.26. The minimum Gasteiger partial charge on any atom is -0.408 e. The van der Waals surface area contributed by atoms with Crippen LogP contribution in [0.1, 0.15) is 26.3 Å². The number of ether oxygens (including phenoxy) is 2. The highest BCUT2D eigenvalue weighted by Crippen LogP contribution is 2.16. The molecule has 0 spiro atoms. The summed E-state index contributed by atoms with van der Waals surface area (Å²) in [5.74, 6) is -0.564. The van der Waals surface area contributed by atoms with Crippen molar-refractivity contribution in [3.05, 3.63) is 35.9 Å². The second-order valence-corrected chi connectivity index (χ2v) is 4.74. The van der Waals surface area contributed by atoms with Crippen LogP contribution in [0.4, 0.5) is 0 Å². The highest BCUT2D eigenvalue weighted by molar-refractivity contribution is 5.75. The Morgan fingerprint density at radius 2 is 1.82 bits per heavy atom. The van der Waals surface area contributed by atoms with E-state index in [2.05, 4.69) is 4.74 Å². The molecular weight excluding hydrogens is 220 g/mol. The Morgan fingerprint density at radius 1 is 1.24 bits per heavy atom. The summed E-state index contributed by atoms with van der Waals surface area (Å²) in [6.07, 6.45) is 0. The van der Waals surface area contributed by atoms with E-state index < -0.39 is 17.9 Å². The maximum atomic E-state index is 11.4. The molecule has 1 unspecified atom stereocenters. The molecule has 1 radical (unpaired) electrons. The van der Waals surface area contributed by atoms with Gasteiger partial charge in [0.25, 0.3) is 0 Å². The number of esters is 1. The van der Waals surface area contributed by atoms with Gasteiger partial charge in [-0.05, 0) is 26.3 Å². The quantitative estimate of drug-likeness (QED) is 0.597. The SMILES string of the molecule is CC(C)(C)C(=O)OC([O])OCc1ccccc1. The van der Waals surface area contributed by atoms with Crippen LogP contribution in [0, 0.1) is 5.41 Å². The molecular formula is C13H17O4. The first-order chi connectivity index (χ1) is 7.89. The Balaban J connectivity index is 2.36. The molecule has 1 aromatic carbocycles. The first-order valence-electron chi connectivity index (χ1n) is 5.42. The number of hydrogen-bond acceptors (Lipinski definition) is 3. The van der Waals surface area contributed by atoms with Gasteiger partial charge in [0.05, 0.1) is 12.0 Å². The monoisotopic (exact) mass is 237 g/mol. The third-order valence-corrected chi connectivity index (χ3v) is 2.04. The minimum absolute atomic E-state index is 0.131. The fourth-order valence-corrected chi connectivity index (χ4v) is 1.04. The summed E-state index contributed by atoms with van der Waals surface area (Å²) in [6, 6.07) is 9.23. The van der Waals surface area contributed by atoms with E-state index >= 15 is 0 Å². The Labute approximate surface area is 101 Å². The molecule has 1 atom stereocenters. The van der Waals surface area contributed by atoms with Crippen molar-refractivity contribution in [3.8, 4) is 0 Å². The molecule has 4 nitrogen and oxygen atoms in total. The molecule has 1 aromatic rings. The third kappa shape index (κ3) is 4.97. The van der Waals surface area contributed by atoms with Crippen molar-refractivity contribution >= 4 is 5.97 Å². The zero-order valence-electron chi connectivity index (χ0n) is 10.3. The Kier molecular flexibility index (Phi) is 4.66. The van der Waals surface area contributed by atoms with Crippen LogP contribution in [0.2, 0.25) is 0 Å². The molecule has 0 aliphatic heterocycles. The van der Waals surface area contributed by atoms with Gasteiger partial charge in [0.15, 0.2) is 0 Å². The van der Waals surface area contributed by atoms with Crippen molar-refractivity contribution in [1.82, 2.24) is 0 Å². The van der Waals surface area contributed by atoms with E-state index in [1.54, 1.807) is 20.8 Å². The molecule has 0 saturated heterocycles. The molecule has 0 saturated carbocycles. The van der Waals surface area contributed by atoms with Gasteiger partial charge in [-0.15, -0.1) is 0 Å². The smallest absolute Gasteiger partial charge is 0.346 e. The largest absolute Gasteiger partial charge is 0.408 e. The Hall–Kier alpha value is -1.39. The van der Waals surface area contributed by atoms with E-state index in [0.29, 0.717) is 0 Å². The Morgan fingerprint density at radius 3 is 2.35 bits per heavy atom. The van der Waals surface area contributed by atoms with Crippen molar-refractivity contribution in [2.24, 2.45) is 5.41 Å². The van der Waals surface area contributed by atoms with Gasteiger partial charge in [-0.3, -0.25) is 4.79 Å². The maximum absolute atomic E-state index is 11.4. The molecule has 0 aliphatic rings. The van der Waals surface area contributed by atoms with Gasteiger partial charge in [0.2, 0.25) is 0 Å². The average Bonchev–Trinajstić information content (AvgIpc) is 2.26. The second kappa shape index (κ2) is 5.80. The summed E-state index contributed by atoms with van der Waals surface area (Å²) in [5, 5.41) is 11.3. The van der Waals surface area contributed by atoms with Crippen molar-refractivity contribution in [1.29, 1.82) is 0 Å². The highest BCUT2D eigenvalue weighted by atomic mass is 16.8. The lowest BCUT2D eigenvalue weighted by Crippen LogP contribution is -2.28. The molecule has 93 valence electrons. The van der Waals surface area contributed by atoms with E-state index in [0.717, 1.165) is 5.56 Å². The minimum atomic E-state index is -1.78. The lowest BCUT2D eigenvalue weighted by Gasteiger charge is -2.18. The van der Waals surface area contributed by atoms with Crippen LogP contribution >= 0.6 is 0 Å². The summed E-state index contributed by atoms with van der Waals surface area (Å²) < 4.78 is 9.52. The van der Waals surface area contributed by atoms with Crippen LogP contribution in [-0.2, 0) is 26.0 Å². The standard InChI is InChI=1S/C13H17O4/c1-13(2,3)11(14)17-12(15)16-9-10-7-5-4-6-8-10/h4-8,12H,9H2,1-3H3. The molecule has 0 aliphatic carbocycles. The summed E-state index contributed by atoms with van der Waals surface area (Å²) in [5.41, 5.74) is 0.166. The predicted molar refractivity (Wildman–Crippen MR) is 61.3 cm³/mol. The molecule has 0 bridgehead atoms. The molecule has 0 amide bonds. The zero-order chi connectivity index (χ0) is 12.9. The summed E-state index contributed by atoms with van der Waals surface area (Å²) in [4.78, 5) is 11.4. The van der Waals surface area contributed by atoms with Crippen LogP contribution in [0.3, 0.4) is 0 Å². The van der Waals surface area contributed by atoms with Gasteiger partial charge in [-0.1, -0.05) is 30.3 Å². The topological polar surface area (TPSA) is 55.4 Å². The van der Waals surface area contributed by atoms with Gasteiger partial charge < -0.3 is 9.47 Å². The number of rotatable bonds is 4. The number of carbonyl (C=O) groups excluding carboxylic acids is 1. The molecule has 0 N–H and O–H groups in total. The Bertz CT molecular complexity index is 353. The second-order valence-electron chi connectivity index (χ2n) is 4.74. The number of benzene rings is 1. The van der Waals surface area contributed by atoms with Crippen molar-refractivity contribution in [2.75, 3.05) is 0 Å². The van der Waals surface area contributed by atoms with E-state index in [-0.39, 0.29) is 6.61 Å². The van der Waals surface area contributed by atoms with Crippen LogP contribution in [-0.4, -0.2) is 12.4 Å². The van der Waals surface area contributed by atoms with Gasteiger partial charge in [0.1, 0.15) is 0 Å². The van der Waals surface area contributed by atoms with Crippen LogP contribution in [0.15, 0.2) is 30.3 Å². The molecule has 1 rings (SSSR count). The first kappa shape index (κ1) is 13.7. The zero-order valence-corrected chi connectivity index (χ0v) is 10.3. The molecule has 4 heteroatoms. The first-order valence-corrected chi connectivity index (χ1v) is 5.42. The van der Waals surface area contributed by atoms with Gasteiger partial charge in [-0.2, -0.15) is 5.11 Å². The average molecular weight is 237 g/mol. The summed E-state index contributed by atoms with van der Waals surface area (Å²) >= 11 is 0. The molecule has 0 fully saturated rings. The maximum Gasteiger partial charge on any atom is 0.346 e. The van der Waals surface area contributed by atoms with E-state index in [1.807, 2.05) is 30.3 Å². The van der Waals surface area contributed by atoms with Gasteiger partial charge in [-0.25, -0.2) is 0 Å². The van der Waals surface area contributed by atoms with Crippen molar-refractivity contribution in [3.63, 3.8) is 0 Å². The van der Waals surface area contributed by atoms with E-state index in [4.69, 9.17) is 4.74 Å². The predicted octanol–water partition coefficient (Wildman–Crippen LogP) is 2.51. The van der Waals surface area contributed by atoms with Gasteiger partial charge in [0, 0.05) is 0 Å². The van der Waals surface area contributed by atoms with Gasteiger partial charge >= 0.3 is 12.4 Å². The number of hydrogen-bond donors (Lipinski definition) is 0. The fraction of sp³-hybridized carbons (Fsp3) is 0.462. The lowest BCUT2D eigenvalue weighted by atomic mass is 9.98. The van der Waals surface area contributed by atoms with Crippen LogP contribution in [0.5, 0.6) is 0 Å². The lowest BCUT2D eigenvalue weighted by molar-refractivity contribution is -0.287. The molecule has 17 heavy (non-hydrogen) atoms. The normalized spacial score (nSPS) is 13.2. The fourth-order valence-electron chi connectivity index (χ4n) is 1.04. The number of carbonyl (C=O) groups is 1. The molecule has 0 heterocycles. The van der Waals surface area contributed by atoms with E-state index in [1.165, 1.54) is 0 Å². The molecule has 0 aromatic heterocycles. The van der Waals surface area contributed by atoms with Crippen LogP contribution in [0.25, 0.3) is 0 Å². The summed E-state index contributed by atoms with van der Waals surface area (Å²) in [6.45, 7) is 3.39.